The van der Waals surface area contributed by atoms with Gasteiger partial charge >= 0.3 is 0 Å². The van der Waals surface area contributed by atoms with E-state index in [0.717, 1.165) is 45.8 Å². The quantitative estimate of drug-likeness (QED) is 0.358. The number of ether oxygens (including phenoxy) is 1. The van der Waals surface area contributed by atoms with E-state index < -0.39 is 15.7 Å². The molecular formula is C19H31FN4O3S. The van der Waals surface area contributed by atoms with Crippen LogP contribution in [0, 0.1) is 5.82 Å². The van der Waals surface area contributed by atoms with Gasteiger partial charge < -0.3 is 15.4 Å². The van der Waals surface area contributed by atoms with Gasteiger partial charge in [-0.1, -0.05) is 6.07 Å². The van der Waals surface area contributed by atoms with E-state index in [4.69, 9.17) is 4.74 Å². The number of hydrogen-bond acceptors (Lipinski definition) is 5. The molecule has 0 amide bonds. The molecule has 0 unspecified atom stereocenters. The summed E-state index contributed by atoms with van der Waals surface area (Å²) in [5.41, 5.74) is 1.16. The van der Waals surface area contributed by atoms with Gasteiger partial charge in [0, 0.05) is 32.4 Å². The van der Waals surface area contributed by atoms with E-state index in [-0.39, 0.29) is 12.3 Å². The molecule has 1 aromatic rings. The highest BCUT2D eigenvalue weighted by molar-refractivity contribution is 7.89. The molecule has 7 nitrogen and oxygen atoms in total. The Morgan fingerprint density at radius 2 is 2.00 bits per heavy atom. The van der Waals surface area contributed by atoms with Crippen molar-refractivity contribution in [3.05, 3.63) is 35.1 Å². The predicted molar refractivity (Wildman–Crippen MR) is 110 cm³/mol. The van der Waals surface area contributed by atoms with Gasteiger partial charge in [0.2, 0.25) is 0 Å². The van der Waals surface area contributed by atoms with Gasteiger partial charge in [-0.15, -0.1) is 0 Å². The lowest BCUT2D eigenvalue weighted by molar-refractivity contribution is 0.0376. The summed E-state index contributed by atoms with van der Waals surface area (Å²) in [6.07, 6.45) is 2.15. The minimum Gasteiger partial charge on any atom is -0.379 e. The standard InChI is InChI=1S/C19H31FN4O3S/c1-3-21-19(22-7-4-8-24-9-11-27-12-10-24)23-14-17-13-18(20)6-5-16(17)15-28(2,25)26/h5-6,13H,3-4,7-12,14-15H2,1-2H3,(H2,21,22,23). The second-order valence-electron chi connectivity index (χ2n) is 6.91. The minimum absolute atomic E-state index is 0.123. The molecule has 28 heavy (non-hydrogen) atoms. The molecule has 1 heterocycles. The van der Waals surface area contributed by atoms with E-state index in [2.05, 4.69) is 20.5 Å². The third kappa shape index (κ3) is 8.53. The van der Waals surface area contributed by atoms with Crippen LogP contribution < -0.4 is 10.6 Å². The molecule has 9 heteroatoms. The van der Waals surface area contributed by atoms with Crippen molar-refractivity contribution >= 4 is 15.8 Å². The highest BCUT2D eigenvalue weighted by atomic mass is 32.2. The normalized spacial score (nSPS) is 16.2. The predicted octanol–water partition coefficient (Wildman–Crippen LogP) is 1.15. The van der Waals surface area contributed by atoms with Crippen LogP contribution in [0.15, 0.2) is 23.2 Å². The Morgan fingerprint density at radius 1 is 1.25 bits per heavy atom. The van der Waals surface area contributed by atoms with E-state index >= 15 is 0 Å². The Bertz CT molecular complexity index is 750. The molecule has 1 aliphatic heterocycles. The van der Waals surface area contributed by atoms with Crippen LogP contribution in [-0.2, 0) is 26.9 Å². The number of nitrogens with one attached hydrogen (secondary N) is 2. The first kappa shape index (κ1) is 22.6. The first-order chi connectivity index (χ1) is 13.4. The summed E-state index contributed by atoms with van der Waals surface area (Å²) in [5.74, 6) is 0.117. The summed E-state index contributed by atoms with van der Waals surface area (Å²) < 4.78 is 42.2. The van der Waals surface area contributed by atoms with Gasteiger partial charge in [-0.3, -0.25) is 4.90 Å². The first-order valence-corrected chi connectivity index (χ1v) is 11.7. The summed E-state index contributed by atoms with van der Waals surface area (Å²) in [5, 5.41) is 6.45. The average Bonchev–Trinajstić information content (AvgIpc) is 2.65. The van der Waals surface area contributed by atoms with E-state index in [1.54, 1.807) is 0 Å². The molecule has 0 atom stereocenters. The molecule has 2 N–H and O–H groups in total. The van der Waals surface area contributed by atoms with Gasteiger partial charge in [-0.2, -0.15) is 0 Å². The lowest BCUT2D eigenvalue weighted by Gasteiger charge is -2.26. The smallest absolute Gasteiger partial charge is 0.191 e. The number of rotatable bonds is 9. The van der Waals surface area contributed by atoms with Gasteiger partial charge in [0.25, 0.3) is 0 Å². The number of nitrogens with zero attached hydrogens (tertiary/aromatic N) is 2. The Morgan fingerprint density at radius 3 is 2.68 bits per heavy atom. The van der Waals surface area contributed by atoms with Crippen LogP contribution in [0.1, 0.15) is 24.5 Å². The monoisotopic (exact) mass is 414 g/mol. The van der Waals surface area contributed by atoms with Crippen molar-refractivity contribution in [2.24, 2.45) is 4.99 Å². The van der Waals surface area contributed by atoms with E-state index in [1.165, 1.54) is 24.5 Å². The maximum atomic E-state index is 13.6. The summed E-state index contributed by atoms with van der Waals surface area (Å²) in [4.78, 5) is 6.87. The van der Waals surface area contributed by atoms with Gasteiger partial charge in [-0.25, -0.2) is 17.8 Å². The molecule has 0 bridgehead atoms. The summed E-state index contributed by atoms with van der Waals surface area (Å²) in [6, 6.07) is 4.15. The second kappa shape index (κ2) is 11.3. The molecule has 1 saturated heterocycles. The average molecular weight is 415 g/mol. The van der Waals surface area contributed by atoms with Gasteiger partial charge in [0.1, 0.15) is 5.82 Å². The van der Waals surface area contributed by atoms with E-state index in [1.807, 2.05) is 6.92 Å². The van der Waals surface area contributed by atoms with Crippen LogP contribution in [-0.4, -0.2) is 71.5 Å². The Balaban J connectivity index is 1.93. The summed E-state index contributed by atoms with van der Waals surface area (Å²) in [6.45, 7) is 8.18. The van der Waals surface area contributed by atoms with E-state index in [0.29, 0.717) is 23.6 Å². The van der Waals surface area contributed by atoms with Crippen LogP contribution in [0.2, 0.25) is 0 Å². The number of guanidine groups is 1. The maximum Gasteiger partial charge on any atom is 0.191 e. The topological polar surface area (TPSA) is 83.0 Å². The molecule has 0 aliphatic carbocycles. The highest BCUT2D eigenvalue weighted by Gasteiger charge is 2.11. The van der Waals surface area contributed by atoms with Crippen molar-refractivity contribution in [2.75, 3.05) is 52.2 Å². The molecule has 1 fully saturated rings. The Hall–Kier alpha value is -1.71. The van der Waals surface area contributed by atoms with Crippen LogP contribution in [0.3, 0.4) is 0 Å². The van der Waals surface area contributed by atoms with Crippen molar-refractivity contribution in [1.29, 1.82) is 0 Å². The molecule has 0 aromatic heterocycles. The lowest BCUT2D eigenvalue weighted by Crippen LogP contribution is -2.40. The number of benzene rings is 1. The SMILES string of the molecule is CCNC(=NCc1cc(F)ccc1CS(C)(=O)=O)NCCCN1CCOCC1. The highest BCUT2D eigenvalue weighted by Crippen LogP contribution is 2.15. The summed E-state index contributed by atoms with van der Waals surface area (Å²) in [7, 11) is -3.21. The largest absolute Gasteiger partial charge is 0.379 e. The number of hydrogen-bond donors (Lipinski definition) is 2. The third-order valence-electron chi connectivity index (χ3n) is 4.39. The Labute approximate surface area is 167 Å². The van der Waals surface area contributed by atoms with Crippen molar-refractivity contribution in [3.8, 4) is 0 Å². The fraction of sp³-hybridized carbons (Fsp3) is 0.632. The van der Waals surface area contributed by atoms with Gasteiger partial charge in [0.05, 0.1) is 25.5 Å². The lowest BCUT2D eigenvalue weighted by atomic mass is 10.1. The van der Waals surface area contributed by atoms with Crippen LogP contribution in [0.25, 0.3) is 0 Å². The van der Waals surface area contributed by atoms with Crippen LogP contribution in [0.5, 0.6) is 0 Å². The molecule has 2 rings (SSSR count). The van der Waals surface area contributed by atoms with Crippen LogP contribution >= 0.6 is 0 Å². The number of halogens is 1. The van der Waals surface area contributed by atoms with Crippen molar-refractivity contribution < 1.29 is 17.5 Å². The number of aliphatic imine (C=N–C) groups is 1. The molecule has 0 radical (unpaired) electrons. The maximum absolute atomic E-state index is 13.6. The minimum atomic E-state index is -3.21. The zero-order valence-corrected chi connectivity index (χ0v) is 17.5. The van der Waals surface area contributed by atoms with Crippen molar-refractivity contribution in [3.63, 3.8) is 0 Å². The number of sulfone groups is 1. The summed E-state index contributed by atoms with van der Waals surface area (Å²) >= 11 is 0. The Kier molecular flexibility index (Phi) is 9.14. The molecule has 158 valence electrons. The van der Waals surface area contributed by atoms with Crippen molar-refractivity contribution in [2.45, 2.75) is 25.6 Å². The number of morpholine rings is 1. The molecule has 1 aromatic carbocycles. The fourth-order valence-corrected chi connectivity index (χ4v) is 3.85. The van der Waals surface area contributed by atoms with Crippen molar-refractivity contribution in [1.82, 2.24) is 15.5 Å². The second-order valence-corrected chi connectivity index (χ2v) is 9.05. The molecular weight excluding hydrogens is 383 g/mol. The molecule has 1 aliphatic rings. The molecule has 0 saturated carbocycles. The fourth-order valence-electron chi connectivity index (χ4n) is 3.01. The van der Waals surface area contributed by atoms with Gasteiger partial charge in [0.15, 0.2) is 15.8 Å². The first-order valence-electron chi connectivity index (χ1n) is 9.64. The zero-order chi connectivity index (χ0) is 20.4. The third-order valence-corrected chi connectivity index (χ3v) is 5.22. The van der Waals surface area contributed by atoms with Gasteiger partial charge in [-0.05, 0) is 43.1 Å². The van der Waals surface area contributed by atoms with Crippen LogP contribution in [0.4, 0.5) is 4.39 Å². The zero-order valence-electron chi connectivity index (χ0n) is 16.7. The molecule has 0 spiro atoms. The van der Waals surface area contributed by atoms with E-state index in [9.17, 15) is 12.8 Å².